The third-order valence-corrected chi connectivity index (χ3v) is 6.84. The van der Waals surface area contributed by atoms with Crippen LogP contribution in [0.1, 0.15) is 19.8 Å². The molecule has 0 bridgehead atoms. The average molecular weight is 395 g/mol. The largest absolute Gasteiger partial charge is 0.338 e. The number of carbonyl (C=O) groups is 1. The van der Waals surface area contributed by atoms with Crippen molar-refractivity contribution in [1.29, 1.82) is 0 Å². The van der Waals surface area contributed by atoms with Gasteiger partial charge < -0.3 is 4.90 Å². The van der Waals surface area contributed by atoms with Gasteiger partial charge in [-0.3, -0.25) is 4.79 Å². The molecule has 0 aliphatic carbocycles. The molecule has 26 heavy (non-hydrogen) atoms. The molecule has 0 radical (unpaired) electrons. The second-order valence-electron chi connectivity index (χ2n) is 6.24. The summed E-state index contributed by atoms with van der Waals surface area (Å²) in [6.45, 7) is 2.56. The predicted molar refractivity (Wildman–Crippen MR) is 101 cm³/mol. The van der Waals surface area contributed by atoms with Crippen LogP contribution < -0.4 is 0 Å². The van der Waals surface area contributed by atoms with Gasteiger partial charge in [-0.1, -0.05) is 36.9 Å². The Morgan fingerprint density at radius 2 is 2.12 bits per heavy atom. The number of thioether (sulfide) groups is 1. The summed E-state index contributed by atoms with van der Waals surface area (Å²) in [5.74, 6) is 0.385. The molecule has 9 heteroatoms. The number of para-hydroxylation sites is 1. The van der Waals surface area contributed by atoms with Crippen LogP contribution in [-0.4, -0.2) is 63.8 Å². The van der Waals surface area contributed by atoms with E-state index in [0.717, 1.165) is 12.1 Å². The maximum atomic E-state index is 12.6. The highest BCUT2D eigenvalue weighted by Gasteiger charge is 2.34. The Morgan fingerprint density at radius 3 is 2.77 bits per heavy atom. The first-order valence-electron chi connectivity index (χ1n) is 8.58. The van der Waals surface area contributed by atoms with Gasteiger partial charge in [0, 0.05) is 12.6 Å². The second-order valence-corrected chi connectivity index (χ2v) is 9.41. The van der Waals surface area contributed by atoms with Gasteiger partial charge in [-0.25, -0.2) is 18.1 Å². The van der Waals surface area contributed by atoms with Crippen LogP contribution >= 0.6 is 11.8 Å². The number of aromatic nitrogens is 3. The van der Waals surface area contributed by atoms with Crippen molar-refractivity contribution >= 4 is 27.5 Å². The maximum Gasteiger partial charge on any atom is 0.233 e. The summed E-state index contributed by atoms with van der Waals surface area (Å²) >= 11 is 1.27. The van der Waals surface area contributed by atoms with Crippen molar-refractivity contribution in [2.45, 2.75) is 31.0 Å². The quantitative estimate of drug-likeness (QED) is 0.666. The molecule has 1 saturated heterocycles. The molecule has 1 aliphatic heterocycles. The minimum atomic E-state index is -3.02. The van der Waals surface area contributed by atoms with Gasteiger partial charge in [-0.05, 0) is 25.0 Å². The lowest BCUT2D eigenvalue weighted by molar-refractivity contribution is -0.130. The summed E-state index contributed by atoms with van der Waals surface area (Å²) in [4.78, 5) is 18.6. The Bertz CT molecular complexity index is 852. The minimum Gasteiger partial charge on any atom is -0.338 e. The van der Waals surface area contributed by atoms with Gasteiger partial charge in [0.25, 0.3) is 0 Å². The number of rotatable bonds is 7. The fourth-order valence-electron chi connectivity index (χ4n) is 3.00. The van der Waals surface area contributed by atoms with Gasteiger partial charge in [0.05, 0.1) is 22.9 Å². The molecule has 1 unspecified atom stereocenters. The van der Waals surface area contributed by atoms with E-state index in [1.807, 2.05) is 37.3 Å². The molecule has 1 amide bonds. The Kier molecular flexibility index (Phi) is 5.98. The van der Waals surface area contributed by atoms with Crippen LogP contribution in [0.2, 0.25) is 0 Å². The minimum absolute atomic E-state index is 0.0602. The third-order valence-electron chi connectivity index (χ3n) is 4.25. The Balaban J connectivity index is 1.61. The lowest BCUT2D eigenvalue weighted by Crippen LogP contribution is -2.42. The van der Waals surface area contributed by atoms with Crippen LogP contribution in [-0.2, 0) is 14.6 Å². The topological polar surface area (TPSA) is 85.2 Å². The third kappa shape index (κ3) is 4.64. The lowest BCUT2D eigenvalue weighted by atomic mass is 10.2. The van der Waals surface area contributed by atoms with Crippen molar-refractivity contribution < 1.29 is 13.2 Å². The normalized spacial score (nSPS) is 18.7. The van der Waals surface area contributed by atoms with Gasteiger partial charge in [-0.2, -0.15) is 0 Å². The lowest BCUT2D eigenvalue weighted by Gasteiger charge is -2.27. The molecule has 140 valence electrons. The number of benzene rings is 1. The standard InChI is InChI=1S/C17H22N4O3S2/c1-2-9-20(15-8-10-26(23,24)12-15)16(22)11-25-17-18-13-21(19-17)14-6-4-3-5-7-14/h3-7,13,15H,2,8-12H2,1H3. The van der Waals surface area contributed by atoms with Gasteiger partial charge in [0.1, 0.15) is 6.33 Å². The first-order valence-corrected chi connectivity index (χ1v) is 11.4. The number of carbonyl (C=O) groups excluding carboxylic acids is 1. The molecule has 3 rings (SSSR count). The molecule has 1 aromatic carbocycles. The summed E-state index contributed by atoms with van der Waals surface area (Å²) < 4.78 is 25.1. The van der Waals surface area contributed by atoms with E-state index in [4.69, 9.17) is 0 Å². The highest BCUT2D eigenvalue weighted by atomic mass is 32.2. The molecule has 2 heterocycles. The predicted octanol–water partition coefficient (Wildman–Crippen LogP) is 1.79. The molecule has 0 N–H and O–H groups in total. The average Bonchev–Trinajstić information content (AvgIpc) is 3.24. The van der Waals surface area contributed by atoms with Crippen molar-refractivity contribution in [2.24, 2.45) is 0 Å². The zero-order valence-electron chi connectivity index (χ0n) is 14.6. The van der Waals surface area contributed by atoms with E-state index in [1.54, 1.807) is 15.9 Å². The van der Waals surface area contributed by atoms with Crippen LogP contribution in [0, 0.1) is 0 Å². The zero-order chi connectivity index (χ0) is 18.6. The van der Waals surface area contributed by atoms with Crippen molar-refractivity contribution in [1.82, 2.24) is 19.7 Å². The molecule has 0 saturated carbocycles. The van der Waals surface area contributed by atoms with Crippen LogP contribution in [0.3, 0.4) is 0 Å². The van der Waals surface area contributed by atoms with Crippen LogP contribution in [0.4, 0.5) is 0 Å². The van der Waals surface area contributed by atoms with E-state index in [-0.39, 0.29) is 29.2 Å². The highest BCUT2D eigenvalue weighted by Crippen LogP contribution is 2.21. The number of hydrogen-bond acceptors (Lipinski definition) is 6. The van der Waals surface area contributed by atoms with Gasteiger partial charge in [0.2, 0.25) is 11.1 Å². The summed E-state index contributed by atoms with van der Waals surface area (Å²) in [7, 11) is -3.02. The summed E-state index contributed by atoms with van der Waals surface area (Å²) in [5.41, 5.74) is 0.905. The molecule has 7 nitrogen and oxygen atoms in total. The van der Waals surface area contributed by atoms with Gasteiger partial charge in [-0.15, -0.1) is 5.10 Å². The summed E-state index contributed by atoms with van der Waals surface area (Å²) in [6.07, 6.45) is 2.95. The zero-order valence-corrected chi connectivity index (χ0v) is 16.2. The van der Waals surface area contributed by atoms with E-state index in [9.17, 15) is 13.2 Å². The van der Waals surface area contributed by atoms with Gasteiger partial charge in [0.15, 0.2) is 9.84 Å². The first kappa shape index (κ1) is 18.9. The molecule has 1 atom stereocenters. The number of nitrogens with zero attached hydrogens (tertiary/aromatic N) is 4. The SMILES string of the molecule is CCCN(C(=O)CSc1ncn(-c2ccccc2)n1)C1CCS(=O)(=O)C1. The van der Waals surface area contributed by atoms with Crippen LogP contribution in [0.15, 0.2) is 41.8 Å². The van der Waals surface area contributed by atoms with Gasteiger partial charge >= 0.3 is 0 Å². The van der Waals surface area contributed by atoms with Crippen molar-refractivity contribution in [3.05, 3.63) is 36.7 Å². The van der Waals surface area contributed by atoms with E-state index >= 15 is 0 Å². The van der Waals surface area contributed by atoms with Crippen molar-refractivity contribution in [3.8, 4) is 5.69 Å². The molecule has 2 aromatic rings. The molecular weight excluding hydrogens is 372 g/mol. The molecule has 1 aliphatic rings. The van der Waals surface area contributed by atoms with Crippen molar-refractivity contribution in [3.63, 3.8) is 0 Å². The van der Waals surface area contributed by atoms with Crippen LogP contribution in [0.25, 0.3) is 5.69 Å². The Hall–Kier alpha value is -1.87. The van der Waals surface area contributed by atoms with Crippen molar-refractivity contribution in [2.75, 3.05) is 23.8 Å². The number of hydrogen-bond donors (Lipinski definition) is 0. The van der Waals surface area contributed by atoms with E-state index < -0.39 is 9.84 Å². The molecule has 1 fully saturated rings. The smallest absolute Gasteiger partial charge is 0.233 e. The fraction of sp³-hybridized carbons (Fsp3) is 0.471. The van der Waals surface area contributed by atoms with Crippen LogP contribution in [0.5, 0.6) is 0 Å². The van der Waals surface area contributed by atoms with E-state index in [2.05, 4.69) is 10.1 Å². The van der Waals surface area contributed by atoms with E-state index in [0.29, 0.717) is 18.1 Å². The highest BCUT2D eigenvalue weighted by molar-refractivity contribution is 7.99. The monoisotopic (exact) mass is 394 g/mol. The molecule has 1 aromatic heterocycles. The molecular formula is C17H22N4O3S2. The fourth-order valence-corrected chi connectivity index (χ4v) is 5.42. The molecule has 0 spiro atoms. The number of amides is 1. The maximum absolute atomic E-state index is 12.6. The summed E-state index contributed by atoms with van der Waals surface area (Å²) in [6, 6.07) is 9.43. The second kappa shape index (κ2) is 8.22. The Morgan fingerprint density at radius 1 is 1.35 bits per heavy atom. The summed E-state index contributed by atoms with van der Waals surface area (Å²) in [5, 5.41) is 4.91. The van der Waals surface area contributed by atoms with E-state index in [1.165, 1.54) is 11.8 Å². The first-order chi connectivity index (χ1) is 12.5. The number of sulfone groups is 1. The Labute approximate surface area is 157 Å².